The van der Waals surface area contributed by atoms with Crippen molar-refractivity contribution in [1.29, 1.82) is 0 Å². The maximum absolute atomic E-state index is 12.6. The predicted molar refractivity (Wildman–Crippen MR) is 72.4 cm³/mol. The molecule has 3 rings (SSSR count). The van der Waals surface area contributed by atoms with Gasteiger partial charge in [-0.15, -0.1) is 0 Å². The number of carbonyl (C=O) groups excluding carboxylic acids is 1. The summed E-state index contributed by atoms with van der Waals surface area (Å²) in [7, 11) is 0. The highest BCUT2D eigenvalue weighted by Gasteiger charge is 2.33. The molecule has 0 atom stereocenters. The van der Waals surface area contributed by atoms with Crippen molar-refractivity contribution >= 4 is 34.4 Å². The van der Waals surface area contributed by atoms with Crippen LogP contribution in [0.5, 0.6) is 0 Å². The Labute approximate surface area is 125 Å². The first-order chi connectivity index (χ1) is 10.4. The number of carbonyl (C=O) groups is 1. The molecule has 3 aromatic rings. The summed E-state index contributed by atoms with van der Waals surface area (Å²) in [6.45, 7) is 0. The van der Waals surface area contributed by atoms with E-state index in [0.29, 0.717) is 22.8 Å². The van der Waals surface area contributed by atoms with Crippen LogP contribution in [0.3, 0.4) is 0 Å². The van der Waals surface area contributed by atoms with Crippen molar-refractivity contribution in [3.63, 3.8) is 0 Å². The molecule has 0 spiro atoms. The molecule has 10 heteroatoms. The van der Waals surface area contributed by atoms with Gasteiger partial charge >= 0.3 is 6.18 Å². The van der Waals surface area contributed by atoms with Crippen molar-refractivity contribution in [2.75, 3.05) is 5.32 Å². The fourth-order valence-electron chi connectivity index (χ4n) is 1.71. The second-order valence-electron chi connectivity index (χ2n) is 4.15. The molecule has 0 radical (unpaired) electrons. The molecule has 0 fully saturated rings. The third kappa shape index (κ3) is 2.72. The number of fused-ring (bicyclic) bond motifs is 1. The number of nitrogens with one attached hydrogen (secondary N) is 1. The van der Waals surface area contributed by atoms with Gasteiger partial charge in [0.15, 0.2) is 0 Å². The minimum absolute atomic E-state index is 0.331. The molecule has 0 saturated carbocycles. The molecule has 6 nitrogen and oxygen atoms in total. The zero-order chi connectivity index (χ0) is 15.7. The van der Waals surface area contributed by atoms with Crippen LogP contribution in [0.4, 0.5) is 18.9 Å². The van der Waals surface area contributed by atoms with Crippen LogP contribution in [0.25, 0.3) is 11.0 Å². The molecule has 0 aliphatic rings. The minimum Gasteiger partial charge on any atom is -0.317 e. The van der Waals surface area contributed by atoms with Gasteiger partial charge in [-0.05, 0) is 18.2 Å². The smallest absolute Gasteiger partial charge is 0.317 e. The molecule has 0 unspecified atom stereocenters. The van der Waals surface area contributed by atoms with Crippen molar-refractivity contribution in [2.45, 2.75) is 6.18 Å². The Morgan fingerprint density at radius 2 is 2.00 bits per heavy atom. The lowest BCUT2D eigenvalue weighted by Gasteiger charge is -2.07. The highest BCUT2D eigenvalue weighted by molar-refractivity contribution is 7.00. The Kier molecular flexibility index (Phi) is 3.45. The molecule has 2 aromatic heterocycles. The van der Waals surface area contributed by atoms with Crippen LogP contribution in [0.15, 0.2) is 30.5 Å². The average Bonchev–Trinajstić information content (AvgIpc) is 2.96. The van der Waals surface area contributed by atoms with Crippen molar-refractivity contribution < 1.29 is 18.0 Å². The van der Waals surface area contributed by atoms with Crippen molar-refractivity contribution in [2.24, 2.45) is 0 Å². The summed E-state index contributed by atoms with van der Waals surface area (Å²) < 4.78 is 45.8. The summed E-state index contributed by atoms with van der Waals surface area (Å²) in [4.78, 5) is 18.8. The van der Waals surface area contributed by atoms with E-state index >= 15 is 0 Å². The summed E-state index contributed by atoms with van der Waals surface area (Å²) in [6, 6.07) is 5.61. The van der Waals surface area contributed by atoms with E-state index in [1.165, 1.54) is 0 Å². The molecular weight excluding hydrogens is 319 g/mol. The number of alkyl halides is 3. The van der Waals surface area contributed by atoms with Gasteiger partial charge < -0.3 is 5.32 Å². The molecule has 0 bridgehead atoms. The fourth-order valence-corrected chi connectivity index (χ4v) is 2.26. The summed E-state index contributed by atoms with van der Waals surface area (Å²) in [5.74, 6) is -1.43. The van der Waals surface area contributed by atoms with E-state index in [-0.39, 0.29) is 0 Å². The van der Waals surface area contributed by atoms with Crippen LogP contribution in [0, 0.1) is 0 Å². The summed E-state index contributed by atoms with van der Waals surface area (Å²) in [6.07, 6.45) is -3.76. The first-order valence-corrected chi connectivity index (χ1v) is 6.61. The summed E-state index contributed by atoms with van der Waals surface area (Å²) in [5.41, 5.74) is 0.180. The first kappa shape index (κ1) is 14.3. The number of aromatic nitrogens is 4. The molecule has 112 valence electrons. The number of hydrogen-bond acceptors (Lipinski definition) is 6. The van der Waals surface area contributed by atoms with Crippen molar-refractivity contribution in [3.8, 4) is 0 Å². The van der Waals surface area contributed by atoms with Gasteiger partial charge in [0.05, 0.1) is 17.4 Å². The van der Waals surface area contributed by atoms with Gasteiger partial charge in [0.25, 0.3) is 5.91 Å². The lowest BCUT2D eigenvalue weighted by Crippen LogP contribution is -2.19. The van der Waals surface area contributed by atoms with Gasteiger partial charge in [-0.2, -0.15) is 21.9 Å². The van der Waals surface area contributed by atoms with Gasteiger partial charge in [-0.25, -0.2) is 9.97 Å². The number of nitrogens with zero attached hydrogens (tertiary/aromatic N) is 4. The van der Waals surface area contributed by atoms with Crippen LogP contribution >= 0.6 is 11.7 Å². The Morgan fingerprint density at radius 3 is 2.77 bits per heavy atom. The molecule has 0 aliphatic heterocycles. The van der Waals surface area contributed by atoms with Gasteiger partial charge in [-0.1, -0.05) is 6.07 Å². The number of benzene rings is 1. The standard InChI is InChI=1S/C12H6F3N5OS/c13-12(14,15)8-4-5-16-10(18-8)11(21)17-6-2-1-3-7-9(6)20-22-19-7/h1-5H,(H,17,21). The predicted octanol–water partition coefficient (Wildman–Crippen LogP) is 2.75. The van der Waals surface area contributed by atoms with Crippen LogP contribution < -0.4 is 5.32 Å². The van der Waals surface area contributed by atoms with Crippen molar-refractivity contribution in [1.82, 2.24) is 18.7 Å². The van der Waals surface area contributed by atoms with Crippen LogP contribution in [0.2, 0.25) is 0 Å². The fraction of sp³-hybridized carbons (Fsp3) is 0.0833. The Balaban J connectivity index is 1.90. The van der Waals surface area contributed by atoms with Gasteiger partial charge in [-0.3, -0.25) is 4.79 Å². The van der Waals surface area contributed by atoms with Crippen LogP contribution in [0.1, 0.15) is 16.3 Å². The lowest BCUT2D eigenvalue weighted by atomic mass is 10.2. The van der Waals surface area contributed by atoms with E-state index in [4.69, 9.17) is 0 Å². The zero-order valence-electron chi connectivity index (χ0n) is 10.6. The largest absolute Gasteiger partial charge is 0.433 e. The Bertz CT molecular complexity index is 848. The number of amides is 1. The second kappa shape index (κ2) is 5.30. The van der Waals surface area contributed by atoms with Gasteiger partial charge in [0.2, 0.25) is 5.82 Å². The molecule has 2 heterocycles. The van der Waals surface area contributed by atoms with E-state index < -0.39 is 23.6 Å². The normalized spacial score (nSPS) is 11.6. The van der Waals surface area contributed by atoms with Gasteiger partial charge in [0.1, 0.15) is 16.7 Å². The molecule has 1 amide bonds. The molecular formula is C12H6F3N5OS. The highest BCUT2D eigenvalue weighted by Crippen LogP contribution is 2.27. The zero-order valence-corrected chi connectivity index (χ0v) is 11.4. The monoisotopic (exact) mass is 325 g/mol. The Hall–Kier alpha value is -2.62. The highest BCUT2D eigenvalue weighted by atomic mass is 32.1. The van der Waals surface area contributed by atoms with E-state index in [2.05, 4.69) is 24.0 Å². The summed E-state index contributed by atoms with van der Waals surface area (Å²) in [5, 5.41) is 2.44. The van der Waals surface area contributed by atoms with E-state index in [9.17, 15) is 18.0 Å². The number of rotatable bonds is 2. The second-order valence-corrected chi connectivity index (χ2v) is 4.68. The topological polar surface area (TPSA) is 80.7 Å². The average molecular weight is 325 g/mol. The third-order valence-electron chi connectivity index (χ3n) is 2.68. The van der Waals surface area contributed by atoms with E-state index in [1.807, 2.05) is 0 Å². The van der Waals surface area contributed by atoms with Crippen molar-refractivity contribution in [3.05, 3.63) is 42.0 Å². The Morgan fingerprint density at radius 1 is 1.18 bits per heavy atom. The lowest BCUT2D eigenvalue weighted by molar-refractivity contribution is -0.141. The first-order valence-electron chi connectivity index (χ1n) is 5.88. The van der Waals surface area contributed by atoms with E-state index in [0.717, 1.165) is 17.9 Å². The maximum Gasteiger partial charge on any atom is 0.433 e. The summed E-state index contributed by atoms with van der Waals surface area (Å²) >= 11 is 0.964. The SMILES string of the molecule is O=C(Nc1cccc2nsnc12)c1nccc(C(F)(F)F)n1. The number of hydrogen-bond donors (Lipinski definition) is 1. The molecule has 0 aliphatic carbocycles. The number of halogens is 3. The minimum atomic E-state index is -4.64. The van der Waals surface area contributed by atoms with Crippen LogP contribution in [-0.2, 0) is 6.18 Å². The molecule has 0 saturated heterocycles. The third-order valence-corrected chi connectivity index (χ3v) is 3.23. The van der Waals surface area contributed by atoms with Crippen LogP contribution in [-0.4, -0.2) is 24.6 Å². The molecule has 1 aromatic carbocycles. The van der Waals surface area contributed by atoms with Gasteiger partial charge in [0, 0.05) is 6.20 Å². The molecule has 1 N–H and O–H groups in total. The maximum atomic E-state index is 12.6. The molecule has 22 heavy (non-hydrogen) atoms. The number of anilines is 1. The quantitative estimate of drug-likeness (QED) is 0.783. The van der Waals surface area contributed by atoms with E-state index in [1.54, 1.807) is 18.2 Å².